The van der Waals surface area contributed by atoms with Gasteiger partial charge in [0.2, 0.25) is 0 Å². The minimum Gasteiger partial charge on any atom is -0.462 e. The van der Waals surface area contributed by atoms with Gasteiger partial charge in [-0.3, -0.25) is 18.6 Å². The Hall–Kier alpha value is -4.63. The molecule has 0 saturated heterocycles. The summed E-state index contributed by atoms with van der Waals surface area (Å²) in [5.74, 6) is -0.796. The molecule has 2 atom stereocenters. The summed E-state index contributed by atoms with van der Waals surface area (Å²) in [6, 6.07) is 0. The summed E-state index contributed by atoms with van der Waals surface area (Å²) < 4.78 is 34.9. The molecule has 0 aromatic rings. The molecule has 0 bridgehead atoms. The number of hydrogen-bond donors (Lipinski definition) is 1. The molecule has 9 nitrogen and oxygen atoms in total. The molecule has 594 valence electrons. The summed E-state index contributed by atoms with van der Waals surface area (Å²) in [6.07, 6.45) is 125. The molecule has 104 heavy (non-hydrogen) atoms. The van der Waals surface area contributed by atoms with Gasteiger partial charge in [-0.05, 0) is 128 Å². The topological polar surface area (TPSA) is 108 Å². The van der Waals surface area contributed by atoms with Gasteiger partial charge in [0.05, 0.1) is 27.7 Å². The molecule has 0 rings (SSSR count). The molecular weight excluding hydrogens is 1300 g/mol. The average molecular weight is 1460 g/mol. The second-order valence-electron chi connectivity index (χ2n) is 29.5. The minimum atomic E-state index is -4.41. The number of hydrogen-bond acceptors (Lipinski definition) is 7. The van der Waals surface area contributed by atoms with Crippen molar-refractivity contribution in [2.45, 2.75) is 367 Å². The highest BCUT2D eigenvalue weighted by Crippen LogP contribution is 2.43. The first-order valence-corrected chi connectivity index (χ1v) is 44.4. The summed E-state index contributed by atoms with van der Waals surface area (Å²) in [5.41, 5.74) is 0. The molecule has 0 aromatic heterocycles. The Balaban J connectivity index is 3.97. The number of unbranched alkanes of at least 4 members (excludes halogenated alkanes) is 36. The Bertz CT molecular complexity index is 2370. The van der Waals surface area contributed by atoms with E-state index in [1.165, 1.54) is 193 Å². The Kier molecular flexibility index (Phi) is 78.8. The van der Waals surface area contributed by atoms with Crippen molar-refractivity contribution in [1.82, 2.24) is 0 Å². The fraction of sp³-hybridized carbons (Fsp3) is 0.681. The summed E-state index contributed by atoms with van der Waals surface area (Å²) in [5, 5.41) is 0. The van der Waals surface area contributed by atoms with Crippen LogP contribution >= 0.6 is 7.82 Å². The Labute approximate surface area is 642 Å². The quantitative estimate of drug-likeness (QED) is 0.0211. The molecule has 0 saturated carbocycles. The monoisotopic (exact) mass is 1460 g/mol. The average Bonchev–Trinajstić information content (AvgIpc) is 0.920. The molecule has 0 fully saturated rings. The van der Waals surface area contributed by atoms with Gasteiger partial charge >= 0.3 is 19.8 Å². The number of nitrogens with zero attached hydrogens (tertiary/aromatic N) is 1. The van der Waals surface area contributed by atoms with Gasteiger partial charge in [-0.1, -0.05) is 389 Å². The lowest BCUT2D eigenvalue weighted by molar-refractivity contribution is -0.870. The standard InChI is InChI=1S/C94H160NO8P/c1-6-8-10-12-14-16-18-20-22-24-26-28-30-32-34-36-38-40-42-44-46-47-49-51-53-55-57-59-61-63-65-67-69-71-73-75-77-79-81-83-85-87-94(97)103-92(91-102-104(98,99)101-89-88-95(3,4)5)90-100-93(96)86-84-82-80-78-76-74-72-70-68-66-64-62-60-58-56-54-52-50-48-45-43-41-39-37-35-33-31-29-27-25-23-21-19-17-15-13-11-9-7-2/h8-11,14-17,20-23,26-29,32,34,38,40,44,46,49,51,55,57,61,63,92H,6-7,12-13,18-19,24-25,30-31,33,35-37,39,41-43,45,47-48,50,52-54,56,58-60,62,64-91H2,1-5H3/p+1/b10-8-,11-9-,16-14-,17-15-,22-20-,23-21-,28-26-,29-27-,34-32-,40-38-,46-44-,51-49-,57-55-,63-61-. The highest BCUT2D eigenvalue weighted by atomic mass is 31.2. The molecule has 0 radical (unpaired) electrons. The normalized spacial score (nSPS) is 13.9. The predicted molar refractivity (Wildman–Crippen MR) is 454 cm³/mol. The molecule has 0 spiro atoms. The summed E-state index contributed by atoms with van der Waals surface area (Å²) >= 11 is 0. The van der Waals surface area contributed by atoms with Crippen molar-refractivity contribution < 1.29 is 42.1 Å². The van der Waals surface area contributed by atoms with Crippen LogP contribution < -0.4 is 0 Å². The van der Waals surface area contributed by atoms with Gasteiger partial charge in [0.25, 0.3) is 0 Å². The fourth-order valence-electron chi connectivity index (χ4n) is 11.8. The zero-order valence-corrected chi connectivity index (χ0v) is 68.8. The molecule has 10 heteroatoms. The van der Waals surface area contributed by atoms with E-state index in [4.69, 9.17) is 18.5 Å². The molecule has 0 aromatic carbocycles. The Morgan fingerprint density at radius 2 is 0.519 bits per heavy atom. The van der Waals surface area contributed by atoms with E-state index in [0.717, 1.165) is 135 Å². The van der Waals surface area contributed by atoms with E-state index in [1.54, 1.807) is 0 Å². The highest BCUT2D eigenvalue weighted by molar-refractivity contribution is 7.47. The van der Waals surface area contributed by atoms with Crippen molar-refractivity contribution in [2.75, 3.05) is 47.5 Å². The summed E-state index contributed by atoms with van der Waals surface area (Å²) in [7, 11) is 1.47. The van der Waals surface area contributed by atoms with Crippen LogP contribution in [0, 0.1) is 0 Å². The number of likely N-dealkylation sites (N-methyl/N-ethyl adjacent to an activating group) is 1. The third-order valence-electron chi connectivity index (χ3n) is 18.2. The zero-order chi connectivity index (χ0) is 75.4. The summed E-state index contributed by atoms with van der Waals surface area (Å²) in [6.45, 7) is 4.23. The third-order valence-corrected chi connectivity index (χ3v) is 19.2. The molecular formula is C94H161NO8P+. The fourth-order valence-corrected chi connectivity index (χ4v) is 12.5. The van der Waals surface area contributed by atoms with Gasteiger partial charge in [0.15, 0.2) is 6.10 Å². The molecule has 1 N–H and O–H groups in total. The van der Waals surface area contributed by atoms with Crippen LogP contribution in [0.3, 0.4) is 0 Å². The number of quaternary nitrogens is 1. The van der Waals surface area contributed by atoms with Crippen molar-refractivity contribution in [2.24, 2.45) is 0 Å². The van der Waals surface area contributed by atoms with Gasteiger partial charge in [-0.15, -0.1) is 0 Å². The minimum absolute atomic E-state index is 0.0258. The largest absolute Gasteiger partial charge is 0.472 e. The molecule has 2 unspecified atom stereocenters. The van der Waals surface area contributed by atoms with Crippen molar-refractivity contribution >= 4 is 19.8 Å². The van der Waals surface area contributed by atoms with Gasteiger partial charge in [0.1, 0.15) is 19.8 Å². The van der Waals surface area contributed by atoms with E-state index in [-0.39, 0.29) is 32.0 Å². The lowest BCUT2D eigenvalue weighted by atomic mass is 10.0. The van der Waals surface area contributed by atoms with E-state index in [9.17, 15) is 19.0 Å². The number of esters is 2. The van der Waals surface area contributed by atoms with Crippen LogP contribution in [-0.2, 0) is 32.7 Å². The van der Waals surface area contributed by atoms with E-state index >= 15 is 0 Å². The number of phosphoric acid groups is 1. The Morgan fingerprint density at radius 1 is 0.298 bits per heavy atom. The van der Waals surface area contributed by atoms with Gasteiger partial charge in [-0.25, -0.2) is 4.57 Å². The number of rotatable bonds is 78. The highest BCUT2D eigenvalue weighted by Gasteiger charge is 2.27. The lowest BCUT2D eigenvalue weighted by Crippen LogP contribution is -2.37. The first-order valence-electron chi connectivity index (χ1n) is 42.9. The number of carbonyl (C=O) groups excluding carboxylic acids is 2. The van der Waals surface area contributed by atoms with Crippen molar-refractivity contribution in [3.63, 3.8) is 0 Å². The molecule has 0 aliphatic rings. The van der Waals surface area contributed by atoms with E-state index in [2.05, 4.69) is 184 Å². The van der Waals surface area contributed by atoms with Gasteiger partial charge in [0, 0.05) is 12.8 Å². The van der Waals surface area contributed by atoms with Crippen molar-refractivity contribution in [3.8, 4) is 0 Å². The van der Waals surface area contributed by atoms with Gasteiger partial charge < -0.3 is 18.9 Å². The van der Waals surface area contributed by atoms with Gasteiger partial charge in [-0.2, -0.15) is 0 Å². The second-order valence-corrected chi connectivity index (χ2v) is 30.9. The molecule has 0 heterocycles. The smallest absolute Gasteiger partial charge is 0.462 e. The number of ether oxygens (including phenoxy) is 2. The van der Waals surface area contributed by atoms with Crippen LogP contribution in [0.1, 0.15) is 361 Å². The third kappa shape index (κ3) is 86.3. The van der Waals surface area contributed by atoms with Crippen molar-refractivity contribution in [3.05, 3.63) is 170 Å². The molecule has 0 aliphatic heterocycles. The first-order chi connectivity index (χ1) is 51.0. The lowest BCUT2D eigenvalue weighted by Gasteiger charge is -2.24. The maximum Gasteiger partial charge on any atom is 0.472 e. The maximum absolute atomic E-state index is 12.9. The maximum atomic E-state index is 12.9. The number of carbonyl (C=O) groups is 2. The van der Waals surface area contributed by atoms with Crippen LogP contribution in [0.5, 0.6) is 0 Å². The predicted octanol–water partition coefficient (Wildman–Crippen LogP) is 29.2. The summed E-state index contributed by atoms with van der Waals surface area (Å²) in [4.78, 5) is 36.0. The van der Waals surface area contributed by atoms with Crippen LogP contribution in [0.4, 0.5) is 0 Å². The zero-order valence-electron chi connectivity index (χ0n) is 68.0. The van der Waals surface area contributed by atoms with E-state index in [0.29, 0.717) is 17.4 Å². The second kappa shape index (κ2) is 82.4. The van der Waals surface area contributed by atoms with Crippen LogP contribution in [0.15, 0.2) is 170 Å². The number of allylic oxidation sites excluding steroid dienone is 28. The molecule has 0 amide bonds. The number of phosphoric ester groups is 1. The van der Waals surface area contributed by atoms with Crippen LogP contribution in [0.25, 0.3) is 0 Å². The first kappa shape index (κ1) is 99.4. The van der Waals surface area contributed by atoms with Crippen molar-refractivity contribution in [1.29, 1.82) is 0 Å². The SMILES string of the molecule is CC/C=C\C/C=C\C/C=C\C/C=C\C/C=C\C/C=C\C/C=C\C/C=C\C/C=C\C/C=C\CCCCCCCCCCCCC(=O)OC(COC(=O)CCCCCCCCCCCCCCCCCCCCCCCCCCCC/C=C\C/C=C\C/C=C\C/C=C\CC)COP(=O)(O)OCC[N+](C)(C)C. The van der Waals surface area contributed by atoms with E-state index < -0.39 is 26.5 Å². The molecule has 0 aliphatic carbocycles. The Morgan fingerprint density at radius 3 is 0.769 bits per heavy atom. The van der Waals surface area contributed by atoms with E-state index in [1.807, 2.05) is 21.1 Å². The van der Waals surface area contributed by atoms with Crippen LogP contribution in [0.2, 0.25) is 0 Å². The van der Waals surface area contributed by atoms with Crippen LogP contribution in [-0.4, -0.2) is 74.9 Å².